The van der Waals surface area contributed by atoms with Gasteiger partial charge in [-0.1, -0.05) is 12.1 Å². The molecule has 0 aliphatic carbocycles. The first kappa shape index (κ1) is 10.1. The van der Waals surface area contributed by atoms with E-state index in [2.05, 4.69) is 27.3 Å². The number of benzene rings is 1. The van der Waals surface area contributed by atoms with Crippen molar-refractivity contribution >= 4 is 33.9 Å². The fourth-order valence-corrected chi connectivity index (χ4v) is 1.39. The first-order chi connectivity index (χ1) is 5.68. The van der Waals surface area contributed by atoms with Crippen molar-refractivity contribution in [2.45, 2.75) is 6.54 Å². The van der Waals surface area contributed by atoms with Crippen LogP contribution in [0.5, 0.6) is 0 Å². The molecule has 1 unspecified atom stereocenters. The molecule has 1 atom stereocenters. The summed E-state index contributed by atoms with van der Waals surface area (Å²) in [6.45, 7) is 0.354. The molecular formula is C7H7INO2S-. The average molecular weight is 296 g/mol. The van der Waals surface area contributed by atoms with Crippen LogP contribution in [0, 0.1) is 3.57 Å². The van der Waals surface area contributed by atoms with Gasteiger partial charge >= 0.3 is 0 Å². The second-order valence-corrected chi connectivity index (χ2v) is 4.19. The second-order valence-electron chi connectivity index (χ2n) is 2.18. The molecule has 0 spiro atoms. The zero-order valence-electron chi connectivity index (χ0n) is 6.12. The lowest BCUT2D eigenvalue weighted by atomic mass is 10.2. The third-order valence-electron chi connectivity index (χ3n) is 1.31. The third-order valence-corrected chi connectivity index (χ3v) is 2.41. The van der Waals surface area contributed by atoms with Gasteiger partial charge in [0.1, 0.15) is 0 Å². The summed E-state index contributed by atoms with van der Waals surface area (Å²) < 4.78 is 23.7. The predicted molar refractivity (Wildman–Crippen MR) is 54.9 cm³/mol. The smallest absolute Gasteiger partial charge is 0.0322 e. The van der Waals surface area contributed by atoms with Gasteiger partial charge in [0.05, 0.1) is 0 Å². The van der Waals surface area contributed by atoms with Crippen molar-refractivity contribution in [3.05, 3.63) is 33.4 Å². The maximum Gasteiger partial charge on any atom is 0.0322 e. The van der Waals surface area contributed by atoms with Crippen LogP contribution >= 0.6 is 22.6 Å². The van der Waals surface area contributed by atoms with E-state index in [1.54, 1.807) is 0 Å². The molecule has 0 aromatic heterocycles. The van der Waals surface area contributed by atoms with Gasteiger partial charge in [0, 0.05) is 21.4 Å². The summed E-state index contributed by atoms with van der Waals surface area (Å²) in [6, 6.07) is 7.65. The summed E-state index contributed by atoms with van der Waals surface area (Å²) in [4.78, 5) is 0. The lowest BCUT2D eigenvalue weighted by Gasteiger charge is -2.06. The molecule has 3 nitrogen and oxygen atoms in total. The highest BCUT2D eigenvalue weighted by atomic mass is 127. The van der Waals surface area contributed by atoms with Gasteiger partial charge in [0.25, 0.3) is 0 Å². The molecule has 5 heteroatoms. The molecule has 1 rings (SSSR count). The van der Waals surface area contributed by atoms with Crippen molar-refractivity contribution in [3.63, 3.8) is 0 Å². The minimum Gasteiger partial charge on any atom is -0.760 e. The van der Waals surface area contributed by atoms with Gasteiger partial charge in [-0.25, -0.2) is 4.72 Å². The van der Waals surface area contributed by atoms with Gasteiger partial charge < -0.3 is 4.55 Å². The normalized spacial score (nSPS) is 12.8. The van der Waals surface area contributed by atoms with E-state index < -0.39 is 11.3 Å². The standard InChI is InChI=1S/C7H8INO2S/c8-7-3-1-6(2-4-7)5-9-12(10)11/h1-4,9H,5H2,(H,10,11)/p-1. The van der Waals surface area contributed by atoms with E-state index in [9.17, 15) is 8.76 Å². The van der Waals surface area contributed by atoms with Crippen molar-refractivity contribution in [2.24, 2.45) is 0 Å². The molecule has 0 bridgehead atoms. The fraction of sp³-hybridized carbons (Fsp3) is 0.143. The quantitative estimate of drug-likeness (QED) is 0.672. The summed E-state index contributed by atoms with van der Waals surface area (Å²) in [7, 11) is 0. The average Bonchev–Trinajstić information content (AvgIpc) is 2.03. The van der Waals surface area contributed by atoms with Crippen LogP contribution in [0.3, 0.4) is 0 Å². The first-order valence-electron chi connectivity index (χ1n) is 3.25. The summed E-state index contributed by atoms with van der Waals surface area (Å²) in [5, 5.41) is 0. The van der Waals surface area contributed by atoms with Crippen LogP contribution in [0.2, 0.25) is 0 Å². The lowest BCUT2D eigenvalue weighted by molar-refractivity contribution is 0.522. The van der Waals surface area contributed by atoms with Gasteiger partial charge in [0.2, 0.25) is 0 Å². The maximum absolute atomic E-state index is 10.1. The van der Waals surface area contributed by atoms with Crippen molar-refractivity contribution in [1.82, 2.24) is 4.72 Å². The molecule has 0 saturated carbocycles. The van der Waals surface area contributed by atoms with Gasteiger partial charge in [-0.3, -0.25) is 4.21 Å². The summed E-state index contributed by atoms with van der Waals surface area (Å²) >= 11 is 0.0229. The largest absolute Gasteiger partial charge is 0.760 e. The molecule has 12 heavy (non-hydrogen) atoms. The topological polar surface area (TPSA) is 52.2 Å². The number of halogens is 1. The minimum absolute atomic E-state index is 0.354. The highest BCUT2D eigenvalue weighted by Crippen LogP contribution is 2.06. The number of rotatable bonds is 3. The highest BCUT2D eigenvalue weighted by Gasteiger charge is 1.91. The maximum atomic E-state index is 10.1. The molecule has 66 valence electrons. The van der Waals surface area contributed by atoms with E-state index in [0.29, 0.717) is 6.54 Å². The zero-order valence-corrected chi connectivity index (χ0v) is 9.09. The predicted octanol–water partition coefficient (Wildman–Crippen LogP) is 1.17. The van der Waals surface area contributed by atoms with Crippen LogP contribution in [0.15, 0.2) is 24.3 Å². The van der Waals surface area contributed by atoms with Crippen molar-refractivity contribution < 1.29 is 8.76 Å². The third kappa shape index (κ3) is 3.61. The van der Waals surface area contributed by atoms with Crippen LogP contribution in [-0.4, -0.2) is 8.76 Å². The van der Waals surface area contributed by atoms with Gasteiger partial charge in [-0.05, 0) is 40.3 Å². The molecule has 0 amide bonds. The first-order valence-corrected chi connectivity index (χ1v) is 5.41. The van der Waals surface area contributed by atoms with E-state index in [0.717, 1.165) is 9.13 Å². The van der Waals surface area contributed by atoms with Crippen molar-refractivity contribution in [2.75, 3.05) is 0 Å². The summed E-state index contributed by atoms with van der Waals surface area (Å²) in [6.07, 6.45) is 0. The molecule has 1 aromatic rings. The van der Waals surface area contributed by atoms with Crippen LogP contribution in [0.1, 0.15) is 5.56 Å². The second kappa shape index (κ2) is 4.90. The molecule has 0 heterocycles. The van der Waals surface area contributed by atoms with E-state index in [1.807, 2.05) is 24.3 Å². The van der Waals surface area contributed by atoms with Crippen molar-refractivity contribution in [1.29, 1.82) is 0 Å². The Morgan fingerprint density at radius 2 is 2.00 bits per heavy atom. The highest BCUT2D eigenvalue weighted by molar-refractivity contribution is 14.1. The van der Waals surface area contributed by atoms with E-state index in [1.165, 1.54) is 0 Å². The molecule has 0 radical (unpaired) electrons. The van der Waals surface area contributed by atoms with Gasteiger partial charge in [-0.2, -0.15) is 0 Å². The number of hydrogen-bond donors (Lipinski definition) is 1. The Hall–Kier alpha value is 0.0200. The van der Waals surface area contributed by atoms with Crippen LogP contribution in [0.25, 0.3) is 0 Å². The van der Waals surface area contributed by atoms with Crippen LogP contribution < -0.4 is 4.72 Å². The van der Waals surface area contributed by atoms with E-state index >= 15 is 0 Å². The number of nitrogens with one attached hydrogen (secondary N) is 1. The van der Waals surface area contributed by atoms with Crippen LogP contribution in [-0.2, 0) is 17.8 Å². The summed E-state index contributed by atoms with van der Waals surface area (Å²) in [5.41, 5.74) is 0.958. The van der Waals surface area contributed by atoms with Gasteiger partial charge in [-0.15, -0.1) is 0 Å². The molecule has 0 fully saturated rings. The Morgan fingerprint density at radius 3 is 2.50 bits per heavy atom. The van der Waals surface area contributed by atoms with Crippen LogP contribution in [0.4, 0.5) is 0 Å². The SMILES string of the molecule is O=S([O-])NCc1ccc(I)cc1. The Kier molecular flexibility index (Phi) is 4.13. The monoisotopic (exact) mass is 296 g/mol. The Morgan fingerprint density at radius 1 is 1.42 bits per heavy atom. The van der Waals surface area contributed by atoms with E-state index in [4.69, 9.17) is 0 Å². The van der Waals surface area contributed by atoms with Crippen molar-refractivity contribution in [3.8, 4) is 0 Å². The molecule has 1 N–H and O–H groups in total. The lowest BCUT2D eigenvalue weighted by Crippen LogP contribution is -2.15. The van der Waals surface area contributed by atoms with E-state index in [-0.39, 0.29) is 0 Å². The molecule has 1 aromatic carbocycles. The van der Waals surface area contributed by atoms with Gasteiger partial charge in [0.15, 0.2) is 0 Å². The molecular weight excluding hydrogens is 289 g/mol. The summed E-state index contributed by atoms with van der Waals surface area (Å²) in [5.74, 6) is 0. The molecule has 0 saturated heterocycles. The molecule has 0 aliphatic heterocycles. The zero-order chi connectivity index (χ0) is 8.97. The Bertz CT molecular complexity index is 275. The molecule has 0 aliphatic rings. The Balaban J connectivity index is 2.53. The Labute approximate surface area is 87.1 Å². The number of hydrogen-bond acceptors (Lipinski definition) is 2. The minimum atomic E-state index is -2.17. The fourth-order valence-electron chi connectivity index (χ4n) is 0.745.